The third-order valence-corrected chi connectivity index (χ3v) is 5.16. The van der Waals surface area contributed by atoms with Gasteiger partial charge in [-0.3, -0.25) is 0 Å². The lowest BCUT2D eigenvalue weighted by Gasteiger charge is -2.22. The maximum atomic E-state index is 12.0. The minimum absolute atomic E-state index is 0.406. The van der Waals surface area contributed by atoms with Crippen molar-refractivity contribution < 1.29 is 9.53 Å². The van der Waals surface area contributed by atoms with E-state index in [4.69, 9.17) is 21.4 Å². The monoisotopic (exact) mass is 407 g/mol. The van der Waals surface area contributed by atoms with Crippen LogP contribution in [0.5, 0.6) is 0 Å². The molecule has 0 fully saturated rings. The molecule has 1 unspecified atom stereocenters. The fourth-order valence-corrected chi connectivity index (χ4v) is 3.49. The number of aryl methyl sites for hydroxylation is 1. The Morgan fingerprint density at radius 2 is 2.11 bits per heavy atom. The fraction of sp³-hybridized carbons (Fsp3) is 0.444. The van der Waals surface area contributed by atoms with Crippen molar-refractivity contribution in [1.29, 1.82) is 0 Å². The summed E-state index contributed by atoms with van der Waals surface area (Å²) in [5.41, 5.74) is 2.33. The molecule has 1 atom stereocenters. The number of nitrogens with zero attached hydrogens (tertiary/aromatic N) is 4. The van der Waals surface area contributed by atoms with Gasteiger partial charge >= 0.3 is 6.09 Å². The zero-order chi connectivity index (χ0) is 19.8. The molecule has 7 nitrogen and oxygen atoms in total. The van der Waals surface area contributed by atoms with E-state index in [1.165, 1.54) is 0 Å². The van der Waals surface area contributed by atoms with Crippen LogP contribution in [0.25, 0.3) is 0 Å². The molecule has 0 radical (unpaired) electrons. The van der Waals surface area contributed by atoms with Crippen molar-refractivity contribution in [3.8, 4) is 0 Å². The summed E-state index contributed by atoms with van der Waals surface area (Å²) in [5, 5.41) is 17.3. The number of carbonyl (C=O) groups is 1. The third kappa shape index (κ3) is 4.62. The van der Waals surface area contributed by atoms with Crippen LogP contribution in [0.4, 0.5) is 4.79 Å². The Labute approximate surface area is 167 Å². The number of thioether (sulfide) groups is 1. The Bertz CT molecular complexity index is 904. The van der Waals surface area contributed by atoms with Gasteiger partial charge in [-0.25, -0.2) is 4.79 Å². The van der Waals surface area contributed by atoms with Crippen molar-refractivity contribution >= 4 is 35.2 Å². The second-order valence-corrected chi connectivity index (χ2v) is 8.67. The molecule has 2 aromatic rings. The summed E-state index contributed by atoms with van der Waals surface area (Å²) in [6, 6.07) is 5.43. The highest BCUT2D eigenvalue weighted by molar-refractivity contribution is 7.99. The Morgan fingerprint density at radius 3 is 2.78 bits per heavy atom. The van der Waals surface area contributed by atoms with Crippen LogP contribution in [0.15, 0.2) is 28.5 Å². The van der Waals surface area contributed by atoms with Crippen LogP contribution in [0.1, 0.15) is 50.7 Å². The van der Waals surface area contributed by atoms with E-state index in [-0.39, 0.29) is 0 Å². The van der Waals surface area contributed by atoms with Gasteiger partial charge < -0.3 is 10.1 Å². The number of amides is 1. The number of hydrogen-bond donors (Lipinski definition) is 1. The van der Waals surface area contributed by atoms with Crippen LogP contribution in [0.2, 0.25) is 5.02 Å². The molecule has 0 spiro atoms. The van der Waals surface area contributed by atoms with Gasteiger partial charge in [-0.2, -0.15) is 9.78 Å². The summed E-state index contributed by atoms with van der Waals surface area (Å²) in [4.78, 5) is 12.0. The number of aromatic nitrogens is 3. The summed E-state index contributed by atoms with van der Waals surface area (Å²) in [5.74, 6) is 1.24. The first-order valence-electron chi connectivity index (χ1n) is 8.56. The molecule has 3 rings (SSSR count). The van der Waals surface area contributed by atoms with Crippen molar-refractivity contribution in [3.05, 3.63) is 40.2 Å². The predicted octanol–water partition coefficient (Wildman–Crippen LogP) is 4.18. The van der Waals surface area contributed by atoms with Gasteiger partial charge in [0.15, 0.2) is 5.82 Å². The largest absolute Gasteiger partial charge is 0.444 e. The molecule has 27 heavy (non-hydrogen) atoms. The number of halogens is 1. The molecule has 1 amide bonds. The van der Waals surface area contributed by atoms with Crippen molar-refractivity contribution in [2.45, 2.75) is 51.4 Å². The second kappa shape index (κ2) is 7.52. The van der Waals surface area contributed by atoms with Crippen LogP contribution < -0.4 is 5.32 Å². The van der Waals surface area contributed by atoms with Gasteiger partial charge in [0.25, 0.3) is 0 Å². The summed E-state index contributed by atoms with van der Waals surface area (Å²) in [6.45, 7) is 9.24. The van der Waals surface area contributed by atoms with E-state index in [1.807, 2.05) is 52.8 Å². The number of ether oxygens (including phenoxy) is 1. The standard InChI is InChI=1S/C18H22ClN5O2S/c1-10-8-12(6-7-13(10)19)14-9-27-16-22-21-15(24(16)23-14)11(2)20-17(25)26-18(3,4)5/h6-8,11H,9H2,1-5H3,(H,20,25). The molecular formula is C18H22ClN5O2S. The molecule has 144 valence electrons. The second-order valence-electron chi connectivity index (χ2n) is 7.32. The molecule has 1 N–H and O–H groups in total. The lowest BCUT2D eigenvalue weighted by molar-refractivity contribution is 0.0505. The normalized spacial score (nSPS) is 15.0. The van der Waals surface area contributed by atoms with Gasteiger partial charge in [0, 0.05) is 10.8 Å². The average molecular weight is 408 g/mol. The van der Waals surface area contributed by atoms with Gasteiger partial charge in [0.1, 0.15) is 5.60 Å². The SMILES string of the molecule is Cc1cc(C2=Nn3c(nnc3C(C)NC(=O)OC(C)(C)C)SC2)ccc1Cl. The third-order valence-electron chi connectivity index (χ3n) is 3.81. The van der Waals surface area contributed by atoms with Crippen molar-refractivity contribution in [2.24, 2.45) is 5.10 Å². The fourth-order valence-electron chi connectivity index (χ4n) is 2.53. The van der Waals surface area contributed by atoms with E-state index in [0.717, 1.165) is 21.9 Å². The van der Waals surface area contributed by atoms with E-state index in [2.05, 4.69) is 15.5 Å². The molecular weight excluding hydrogens is 386 g/mol. The summed E-state index contributed by atoms with van der Waals surface area (Å²) < 4.78 is 6.98. The molecule has 2 heterocycles. The zero-order valence-corrected chi connectivity index (χ0v) is 17.5. The van der Waals surface area contributed by atoms with Crippen LogP contribution >= 0.6 is 23.4 Å². The van der Waals surface area contributed by atoms with Crippen molar-refractivity contribution in [1.82, 2.24) is 20.2 Å². The van der Waals surface area contributed by atoms with Crippen LogP contribution in [0.3, 0.4) is 0 Å². The number of rotatable bonds is 3. The zero-order valence-electron chi connectivity index (χ0n) is 15.9. The van der Waals surface area contributed by atoms with Crippen LogP contribution in [0, 0.1) is 6.92 Å². The Hall–Kier alpha value is -2.06. The molecule has 1 aliphatic heterocycles. The topological polar surface area (TPSA) is 81.4 Å². The first-order valence-corrected chi connectivity index (χ1v) is 9.92. The highest BCUT2D eigenvalue weighted by Gasteiger charge is 2.25. The van der Waals surface area contributed by atoms with Gasteiger partial charge in [-0.1, -0.05) is 29.4 Å². The molecule has 1 aromatic carbocycles. The number of carbonyl (C=O) groups excluding carboxylic acids is 1. The minimum atomic E-state index is -0.568. The van der Waals surface area contributed by atoms with E-state index in [9.17, 15) is 4.79 Å². The van der Waals surface area contributed by atoms with Crippen molar-refractivity contribution in [3.63, 3.8) is 0 Å². The maximum absolute atomic E-state index is 12.0. The lowest BCUT2D eigenvalue weighted by Crippen LogP contribution is -2.35. The first-order chi connectivity index (χ1) is 12.6. The number of nitrogens with one attached hydrogen (secondary N) is 1. The Morgan fingerprint density at radius 1 is 1.37 bits per heavy atom. The molecule has 1 aliphatic rings. The molecule has 1 aromatic heterocycles. The maximum Gasteiger partial charge on any atom is 0.408 e. The molecule has 0 bridgehead atoms. The molecule has 9 heteroatoms. The van der Waals surface area contributed by atoms with Gasteiger partial charge in [-0.15, -0.1) is 10.2 Å². The number of hydrogen-bond acceptors (Lipinski definition) is 6. The summed E-state index contributed by atoms with van der Waals surface area (Å²) >= 11 is 7.67. The Balaban J connectivity index is 1.84. The van der Waals surface area contributed by atoms with Crippen LogP contribution in [-0.4, -0.2) is 38.0 Å². The molecule has 0 saturated carbocycles. The lowest BCUT2D eigenvalue weighted by atomic mass is 10.1. The van der Waals surface area contributed by atoms with Crippen LogP contribution in [-0.2, 0) is 4.74 Å². The summed E-state index contributed by atoms with van der Waals surface area (Å²) in [6.07, 6.45) is -0.506. The average Bonchev–Trinajstić information content (AvgIpc) is 2.98. The smallest absolute Gasteiger partial charge is 0.408 e. The van der Waals surface area contributed by atoms with Gasteiger partial charge in [0.2, 0.25) is 5.16 Å². The number of fused-ring (bicyclic) bond motifs is 1. The Kier molecular flexibility index (Phi) is 5.48. The van der Waals surface area contributed by atoms with E-state index >= 15 is 0 Å². The predicted molar refractivity (Wildman–Crippen MR) is 107 cm³/mol. The number of alkyl carbamates (subject to hydrolysis) is 1. The van der Waals surface area contributed by atoms with Gasteiger partial charge in [0.05, 0.1) is 11.8 Å². The molecule has 0 saturated heterocycles. The van der Waals surface area contributed by atoms with E-state index in [0.29, 0.717) is 16.7 Å². The molecule has 0 aliphatic carbocycles. The highest BCUT2D eigenvalue weighted by Crippen LogP contribution is 2.27. The minimum Gasteiger partial charge on any atom is -0.444 e. The number of benzene rings is 1. The van der Waals surface area contributed by atoms with E-state index < -0.39 is 17.7 Å². The summed E-state index contributed by atoms with van der Waals surface area (Å²) in [7, 11) is 0. The highest BCUT2D eigenvalue weighted by atomic mass is 35.5. The quantitative estimate of drug-likeness (QED) is 0.825. The van der Waals surface area contributed by atoms with Crippen molar-refractivity contribution in [2.75, 3.05) is 5.75 Å². The van der Waals surface area contributed by atoms with Gasteiger partial charge in [-0.05, 0) is 57.9 Å². The first kappa shape index (κ1) is 19.7. The van der Waals surface area contributed by atoms with E-state index in [1.54, 1.807) is 16.4 Å².